The van der Waals surface area contributed by atoms with Crippen molar-refractivity contribution in [1.82, 2.24) is 0 Å². The Hall–Kier alpha value is -0.340. The molecule has 2 nitrogen and oxygen atoms in total. The molecule has 0 aromatic carbocycles. The van der Waals surface area contributed by atoms with E-state index in [-0.39, 0.29) is 6.29 Å². The Labute approximate surface area is 75.6 Å². The van der Waals surface area contributed by atoms with Gasteiger partial charge in [0.05, 0.1) is 0 Å². The molecular weight excluding hydrogens is 152 g/mol. The van der Waals surface area contributed by atoms with Crippen molar-refractivity contribution < 1.29 is 9.47 Å². The Balaban J connectivity index is 3.84. The lowest BCUT2D eigenvalue weighted by molar-refractivity contribution is -0.127. The van der Waals surface area contributed by atoms with Crippen molar-refractivity contribution in [2.45, 2.75) is 32.5 Å². The third-order valence-corrected chi connectivity index (χ3v) is 2.01. The molecule has 0 radical (unpaired) electrons. The van der Waals surface area contributed by atoms with Gasteiger partial charge in [0.25, 0.3) is 0 Å². The van der Waals surface area contributed by atoms with Crippen molar-refractivity contribution in [3.63, 3.8) is 0 Å². The summed E-state index contributed by atoms with van der Waals surface area (Å²) in [6.07, 6.45) is 5.26. The van der Waals surface area contributed by atoms with Crippen LogP contribution < -0.4 is 0 Å². The molecule has 2 heteroatoms. The minimum atomic E-state index is -0.131. The van der Waals surface area contributed by atoms with Crippen LogP contribution in [0, 0.1) is 5.92 Å². The first-order valence-electron chi connectivity index (χ1n) is 4.48. The molecule has 0 bridgehead atoms. The molecule has 0 saturated carbocycles. The predicted molar refractivity (Wildman–Crippen MR) is 51.0 cm³/mol. The number of unbranched alkanes of at least 4 members (excludes halogenated alkanes) is 1. The fourth-order valence-corrected chi connectivity index (χ4v) is 1.25. The molecule has 1 unspecified atom stereocenters. The van der Waals surface area contributed by atoms with Gasteiger partial charge in [0.2, 0.25) is 0 Å². The highest BCUT2D eigenvalue weighted by atomic mass is 16.7. The number of ether oxygens (including phenoxy) is 2. The first-order chi connectivity index (χ1) is 5.79. The monoisotopic (exact) mass is 172 g/mol. The van der Waals surface area contributed by atoms with Crippen molar-refractivity contribution in [1.29, 1.82) is 0 Å². The van der Waals surface area contributed by atoms with Crippen LogP contribution in [0.3, 0.4) is 0 Å². The van der Waals surface area contributed by atoms with Crippen molar-refractivity contribution in [3.8, 4) is 0 Å². The van der Waals surface area contributed by atoms with Crippen LogP contribution in [0.2, 0.25) is 0 Å². The van der Waals surface area contributed by atoms with Crippen molar-refractivity contribution in [3.05, 3.63) is 12.7 Å². The number of hydrogen-bond acceptors (Lipinski definition) is 2. The van der Waals surface area contributed by atoms with E-state index in [1.165, 1.54) is 12.8 Å². The van der Waals surface area contributed by atoms with Gasteiger partial charge in [-0.3, -0.25) is 0 Å². The molecule has 0 aliphatic heterocycles. The fraction of sp³-hybridized carbons (Fsp3) is 0.800. The summed E-state index contributed by atoms with van der Waals surface area (Å²) in [5.74, 6) is 0.319. The molecular formula is C10H20O2. The molecule has 0 aromatic rings. The highest BCUT2D eigenvalue weighted by molar-refractivity contribution is 4.81. The van der Waals surface area contributed by atoms with Gasteiger partial charge < -0.3 is 9.47 Å². The largest absolute Gasteiger partial charge is 0.355 e. The van der Waals surface area contributed by atoms with E-state index >= 15 is 0 Å². The molecule has 72 valence electrons. The lowest BCUT2D eigenvalue weighted by Gasteiger charge is -2.21. The minimum Gasteiger partial charge on any atom is -0.355 e. The van der Waals surface area contributed by atoms with Gasteiger partial charge in [-0.2, -0.15) is 0 Å². The van der Waals surface area contributed by atoms with Crippen molar-refractivity contribution >= 4 is 0 Å². The zero-order valence-electron chi connectivity index (χ0n) is 8.38. The standard InChI is InChI=1S/C10H20O2/c1-5-7-8-9(6-2)10(11-3)12-4/h6,9-10H,2,5,7-8H2,1,3-4H3. The quantitative estimate of drug-likeness (QED) is 0.434. The molecule has 0 spiro atoms. The normalized spacial score (nSPS) is 13.3. The topological polar surface area (TPSA) is 18.5 Å². The Bertz CT molecular complexity index is 108. The van der Waals surface area contributed by atoms with Crippen LogP contribution in [0.5, 0.6) is 0 Å². The second-order valence-corrected chi connectivity index (χ2v) is 2.88. The van der Waals surface area contributed by atoms with E-state index in [4.69, 9.17) is 9.47 Å². The molecule has 0 heterocycles. The van der Waals surface area contributed by atoms with Crippen LogP contribution in [0.4, 0.5) is 0 Å². The van der Waals surface area contributed by atoms with Crippen LogP contribution >= 0.6 is 0 Å². The van der Waals surface area contributed by atoms with Crippen molar-refractivity contribution in [2.24, 2.45) is 5.92 Å². The molecule has 0 saturated heterocycles. The molecule has 0 amide bonds. The van der Waals surface area contributed by atoms with E-state index in [0.29, 0.717) is 5.92 Å². The second kappa shape index (κ2) is 7.32. The number of hydrogen-bond donors (Lipinski definition) is 0. The van der Waals surface area contributed by atoms with Gasteiger partial charge in [0.1, 0.15) is 0 Å². The van der Waals surface area contributed by atoms with Gasteiger partial charge >= 0.3 is 0 Å². The van der Waals surface area contributed by atoms with Crippen LogP contribution in [0.25, 0.3) is 0 Å². The molecule has 0 aromatic heterocycles. The Morgan fingerprint density at radius 1 is 1.33 bits per heavy atom. The molecule has 0 rings (SSSR count). The van der Waals surface area contributed by atoms with Gasteiger partial charge in [-0.1, -0.05) is 25.8 Å². The van der Waals surface area contributed by atoms with Gasteiger partial charge in [-0.15, -0.1) is 6.58 Å². The third-order valence-electron chi connectivity index (χ3n) is 2.01. The van der Waals surface area contributed by atoms with Gasteiger partial charge in [-0.25, -0.2) is 0 Å². The van der Waals surface area contributed by atoms with Crippen molar-refractivity contribution in [2.75, 3.05) is 14.2 Å². The molecule has 0 N–H and O–H groups in total. The minimum absolute atomic E-state index is 0.131. The van der Waals surface area contributed by atoms with Gasteiger partial charge in [0.15, 0.2) is 6.29 Å². The average Bonchev–Trinajstić information content (AvgIpc) is 2.12. The summed E-state index contributed by atoms with van der Waals surface area (Å²) < 4.78 is 10.3. The highest BCUT2D eigenvalue weighted by Crippen LogP contribution is 2.16. The van der Waals surface area contributed by atoms with E-state index in [2.05, 4.69) is 13.5 Å². The lowest BCUT2D eigenvalue weighted by atomic mass is 10.0. The molecule has 1 atom stereocenters. The van der Waals surface area contributed by atoms with Crippen LogP contribution in [-0.4, -0.2) is 20.5 Å². The number of rotatable bonds is 7. The summed E-state index contributed by atoms with van der Waals surface area (Å²) in [5, 5.41) is 0. The maximum absolute atomic E-state index is 5.16. The third kappa shape index (κ3) is 3.88. The van der Waals surface area contributed by atoms with Gasteiger partial charge in [0, 0.05) is 20.1 Å². The van der Waals surface area contributed by atoms with Crippen LogP contribution in [0.15, 0.2) is 12.7 Å². The van der Waals surface area contributed by atoms with E-state index in [9.17, 15) is 0 Å². The first-order valence-corrected chi connectivity index (χ1v) is 4.48. The van der Waals surface area contributed by atoms with Gasteiger partial charge in [-0.05, 0) is 6.42 Å². The summed E-state index contributed by atoms with van der Waals surface area (Å²) in [7, 11) is 3.33. The maximum atomic E-state index is 5.16. The fourth-order valence-electron chi connectivity index (χ4n) is 1.25. The Kier molecular flexibility index (Phi) is 7.11. The van der Waals surface area contributed by atoms with E-state index in [1.54, 1.807) is 14.2 Å². The summed E-state index contributed by atoms with van der Waals surface area (Å²) in [6, 6.07) is 0. The smallest absolute Gasteiger partial charge is 0.162 e. The summed E-state index contributed by atoms with van der Waals surface area (Å²) in [5.41, 5.74) is 0. The summed E-state index contributed by atoms with van der Waals surface area (Å²) in [4.78, 5) is 0. The summed E-state index contributed by atoms with van der Waals surface area (Å²) in [6.45, 7) is 5.95. The van der Waals surface area contributed by atoms with Crippen LogP contribution in [-0.2, 0) is 9.47 Å². The van der Waals surface area contributed by atoms with E-state index in [0.717, 1.165) is 6.42 Å². The molecule has 0 fully saturated rings. The van der Waals surface area contributed by atoms with Crippen LogP contribution in [0.1, 0.15) is 26.2 Å². The molecule has 12 heavy (non-hydrogen) atoms. The lowest BCUT2D eigenvalue weighted by Crippen LogP contribution is -2.23. The second-order valence-electron chi connectivity index (χ2n) is 2.88. The zero-order chi connectivity index (χ0) is 9.40. The summed E-state index contributed by atoms with van der Waals surface area (Å²) >= 11 is 0. The SMILES string of the molecule is C=CC(CCCC)C(OC)OC. The maximum Gasteiger partial charge on any atom is 0.162 e. The van der Waals surface area contributed by atoms with E-state index in [1.807, 2.05) is 6.08 Å². The number of methoxy groups -OCH3 is 2. The van der Waals surface area contributed by atoms with E-state index < -0.39 is 0 Å². The predicted octanol–water partition coefficient (Wildman–Crippen LogP) is 2.60. The molecule has 0 aliphatic carbocycles. The Morgan fingerprint density at radius 2 is 1.92 bits per heavy atom. The first kappa shape index (κ1) is 11.7. The Morgan fingerprint density at radius 3 is 2.25 bits per heavy atom. The average molecular weight is 172 g/mol. The molecule has 0 aliphatic rings. The highest BCUT2D eigenvalue weighted by Gasteiger charge is 2.16. The zero-order valence-corrected chi connectivity index (χ0v) is 8.38.